The van der Waals surface area contributed by atoms with Gasteiger partial charge in [-0.3, -0.25) is 4.79 Å². The molecule has 1 aromatic carbocycles. The van der Waals surface area contributed by atoms with Gasteiger partial charge in [0, 0.05) is 4.47 Å². The molecule has 104 valence electrons. The molecule has 0 aliphatic carbocycles. The number of amides is 1. The highest BCUT2D eigenvalue weighted by Gasteiger charge is 2.16. The Balaban J connectivity index is 2.45. The van der Waals surface area contributed by atoms with Crippen molar-refractivity contribution in [2.75, 3.05) is 12.8 Å². The van der Waals surface area contributed by atoms with Crippen LogP contribution in [0.2, 0.25) is 0 Å². The topological polar surface area (TPSA) is 113 Å². The Kier molecular flexibility index (Phi) is 3.75. The van der Waals surface area contributed by atoms with E-state index in [1.807, 2.05) is 0 Å². The number of nitrogen functional groups attached to an aromatic ring is 1. The van der Waals surface area contributed by atoms with E-state index < -0.39 is 11.9 Å². The van der Waals surface area contributed by atoms with E-state index >= 15 is 0 Å². The van der Waals surface area contributed by atoms with Crippen molar-refractivity contribution in [1.29, 1.82) is 0 Å². The van der Waals surface area contributed by atoms with Crippen LogP contribution in [0.4, 0.5) is 5.69 Å². The van der Waals surface area contributed by atoms with Gasteiger partial charge in [0.25, 0.3) is 0 Å². The van der Waals surface area contributed by atoms with Gasteiger partial charge in [0.1, 0.15) is 0 Å². The van der Waals surface area contributed by atoms with Crippen LogP contribution >= 0.6 is 15.9 Å². The van der Waals surface area contributed by atoms with Gasteiger partial charge < -0.3 is 16.2 Å². The number of benzene rings is 1. The molecule has 20 heavy (non-hydrogen) atoms. The number of methoxy groups -OCH3 is 1. The minimum atomic E-state index is -0.617. The minimum Gasteiger partial charge on any atom is -0.464 e. The molecule has 0 saturated carbocycles. The van der Waals surface area contributed by atoms with E-state index in [1.54, 1.807) is 18.2 Å². The van der Waals surface area contributed by atoms with Gasteiger partial charge in [-0.2, -0.15) is 5.10 Å². The van der Waals surface area contributed by atoms with Crippen molar-refractivity contribution in [1.82, 2.24) is 9.78 Å². The molecule has 1 aromatic heterocycles. The van der Waals surface area contributed by atoms with Gasteiger partial charge in [0.15, 0.2) is 5.69 Å². The quantitative estimate of drug-likeness (QED) is 0.813. The van der Waals surface area contributed by atoms with Crippen molar-refractivity contribution in [2.45, 2.75) is 0 Å². The van der Waals surface area contributed by atoms with Crippen molar-refractivity contribution >= 4 is 33.5 Å². The number of nitrogens with two attached hydrogens (primary N) is 2. The van der Waals surface area contributed by atoms with Crippen molar-refractivity contribution in [3.8, 4) is 5.69 Å². The molecule has 1 heterocycles. The largest absolute Gasteiger partial charge is 0.464 e. The lowest BCUT2D eigenvalue weighted by atomic mass is 10.2. The smallest absolute Gasteiger partial charge is 0.360 e. The first kappa shape index (κ1) is 14.1. The van der Waals surface area contributed by atoms with Gasteiger partial charge in [-0.25, -0.2) is 9.48 Å². The van der Waals surface area contributed by atoms with E-state index in [0.717, 1.165) is 0 Å². The number of rotatable bonds is 3. The van der Waals surface area contributed by atoms with Crippen LogP contribution in [0.1, 0.15) is 20.8 Å². The summed E-state index contributed by atoms with van der Waals surface area (Å²) in [6.07, 6.45) is 1.48. The fourth-order valence-corrected chi connectivity index (χ4v) is 2.18. The number of halogens is 1. The first-order valence-electron chi connectivity index (χ1n) is 5.47. The molecule has 7 nitrogen and oxygen atoms in total. The fraction of sp³-hybridized carbons (Fsp3) is 0.0833. The number of ether oxygens (including phenoxy) is 1. The highest BCUT2D eigenvalue weighted by molar-refractivity contribution is 9.10. The van der Waals surface area contributed by atoms with E-state index in [1.165, 1.54) is 18.0 Å². The van der Waals surface area contributed by atoms with Crippen molar-refractivity contribution < 1.29 is 14.3 Å². The third-order valence-corrected chi connectivity index (χ3v) is 3.26. The number of carbonyl (C=O) groups excluding carboxylic acids is 2. The molecule has 0 spiro atoms. The van der Waals surface area contributed by atoms with Crippen LogP contribution in [0.15, 0.2) is 28.9 Å². The minimum absolute atomic E-state index is 0.0302. The summed E-state index contributed by atoms with van der Waals surface area (Å²) in [5.74, 6) is -1.16. The molecular weight excluding hydrogens is 328 g/mol. The first-order valence-corrected chi connectivity index (χ1v) is 6.26. The number of hydrogen-bond acceptors (Lipinski definition) is 5. The highest BCUT2D eigenvalue weighted by Crippen LogP contribution is 2.22. The zero-order valence-corrected chi connectivity index (χ0v) is 12.0. The van der Waals surface area contributed by atoms with Crippen LogP contribution in [0, 0.1) is 0 Å². The molecular formula is C12H11BrN4O3. The summed E-state index contributed by atoms with van der Waals surface area (Å²) in [5, 5.41) is 4.05. The maximum Gasteiger partial charge on any atom is 0.360 e. The zero-order valence-electron chi connectivity index (χ0n) is 10.5. The van der Waals surface area contributed by atoms with Gasteiger partial charge in [-0.15, -0.1) is 0 Å². The number of anilines is 1. The van der Waals surface area contributed by atoms with E-state index in [4.69, 9.17) is 11.5 Å². The average Bonchev–Trinajstić information content (AvgIpc) is 2.79. The Bertz CT molecular complexity index is 696. The van der Waals surface area contributed by atoms with Gasteiger partial charge in [-0.05, 0) is 34.1 Å². The van der Waals surface area contributed by atoms with Crippen LogP contribution in [0.3, 0.4) is 0 Å². The molecule has 0 radical (unpaired) electrons. The van der Waals surface area contributed by atoms with Crippen molar-refractivity contribution in [3.63, 3.8) is 0 Å². The predicted molar refractivity (Wildman–Crippen MR) is 75.5 cm³/mol. The van der Waals surface area contributed by atoms with Crippen LogP contribution in [-0.2, 0) is 4.74 Å². The number of hydrogen-bond donors (Lipinski definition) is 2. The lowest BCUT2D eigenvalue weighted by molar-refractivity contribution is 0.0594. The van der Waals surface area contributed by atoms with Crippen LogP contribution in [0.25, 0.3) is 5.69 Å². The summed E-state index contributed by atoms with van der Waals surface area (Å²) in [4.78, 5) is 22.6. The normalized spacial score (nSPS) is 10.3. The standard InChI is InChI=1S/C12H11BrN4O3/c1-20-12(19)10-9(14)5-17(16-10)6-2-3-7(11(15)18)8(13)4-6/h2-5H,14H2,1H3,(H2,15,18). The summed E-state index contributed by atoms with van der Waals surface area (Å²) in [6.45, 7) is 0. The summed E-state index contributed by atoms with van der Waals surface area (Å²) in [6, 6.07) is 4.84. The Morgan fingerprint density at radius 3 is 2.65 bits per heavy atom. The molecule has 0 bridgehead atoms. The Morgan fingerprint density at radius 1 is 1.40 bits per heavy atom. The molecule has 2 rings (SSSR count). The molecule has 2 aromatic rings. The summed E-state index contributed by atoms with van der Waals surface area (Å²) >= 11 is 3.25. The molecule has 4 N–H and O–H groups in total. The van der Waals surface area contributed by atoms with Gasteiger partial charge in [0.2, 0.25) is 5.91 Å². The highest BCUT2D eigenvalue weighted by atomic mass is 79.9. The molecule has 0 saturated heterocycles. The van der Waals surface area contributed by atoms with Gasteiger partial charge in [-0.1, -0.05) is 0 Å². The van der Waals surface area contributed by atoms with Crippen molar-refractivity contribution in [2.24, 2.45) is 5.73 Å². The number of carbonyl (C=O) groups is 2. The number of esters is 1. The molecule has 0 aliphatic rings. The van der Waals surface area contributed by atoms with E-state index in [0.29, 0.717) is 15.7 Å². The van der Waals surface area contributed by atoms with E-state index in [2.05, 4.69) is 25.8 Å². The maximum absolute atomic E-state index is 11.4. The fourth-order valence-electron chi connectivity index (χ4n) is 1.62. The lowest BCUT2D eigenvalue weighted by Gasteiger charge is -2.04. The Labute approximate surface area is 122 Å². The predicted octanol–water partition coefficient (Wildman–Crippen LogP) is 1.10. The molecule has 0 fully saturated rings. The lowest BCUT2D eigenvalue weighted by Crippen LogP contribution is -2.12. The summed E-state index contributed by atoms with van der Waals surface area (Å²) in [7, 11) is 1.25. The second-order valence-corrected chi connectivity index (χ2v) is 4.75. The molecule has 0 unspecified atom stereocenters. The molecule has 0 aliphatic heterocycles. The van der Waals surface area contributed by atoms with E-state index in [-0.39, 0.29) is 11.4 Å². The maximum atomic E-state index is 11.4. The van der Waals surface area contributed by atoms with Crippen LogP contribution < -0.4 is 11.5 Å². The van der Waals surface area contributed by atoms with Crippen LogP contribution in [-0.4, -0.2) is 28.8 Å². The Hall–Kier alpha value is -2.35. The molecule has 1 amide bonds. The SMILES string of the molecule is COC(=O)c1nn(-c2ccc(C(N)=O)c(Br)c2)cc1N. The number of nitrogens with zero attached hydrogens (tertiary/aromatic N) is 2. The molecule has 8 heteroatoms. The third kappa shape index (κ3) is 2.50. The number of primary amides is 1. The van der Waals surface area contributed by atoms with Crippen LogP contribution in [0.5, 0.6) is 0 Å². The zero-order chi connectivity index (χ0) is 14.9. The number of aromatic nitrogens is 2. The van der Waals surface area contributed by atoms with Gasteiger partial charge in [0.05, 0.1) is 30.2 Å². The Morgan fingerprint density at radius 2 is 2.10 bits per heavy atom. The molecule has 0 atom stereocenters. The second kappa shape index (κ2) is 5.33. The monoisotopic (exact) mass is 338 g/mol. The first-order chi connectivity index (χ1) is 9.43. The summed E-state index contributed by atoms with van der Waals surface area (Å²) in [5.41, 5.74) is 12.1. The summed E-state index contributed by atoms with van der Waals surface area (Å²) < 4.78 is 6.51. The van der Waals surface area contributed by atoms with Crippen molar-refractivity contribution in [3.05, 3.63) is 40.1 Å². The third-order valence-electron chi connectivity index (χ3n) is 2.60. The second-order valence-electron chi connectivity index (χ2n) is 3.90. The van der Waals surface area contributed by atoms with E-state index in [9.17, 15) is 9.59 Å². The average molecular weight is 339 g/mol. The van der Waals surface area contributed by atoms with Gasteiger partial charge >= 0.3 is 5.97 Å².